The number of hydrogen-bond donors (Lipinski definition) is 1. The summed E-state index contributed by atoms with van der Waals surface area (Å²) in [7, 11) is 0. The van der Waals surface area contributed by atoms with Crippen molar-refractivity contribution in [3.63, 3.8) is 0 Å². The molecule has 0 spiro atoms. The summed E-state index contributed by atoms with van der Waals surface area (Å²) in [6, 6.07) is 0. The number of carboxylic acid groups (broad SMARTS) is 1. The zero-order chi connectivity index (χ0) is 17.1. The zero-order valence-corrected chi connectivity index (χ0v) is 15.6. The molecule has 2 aliphatic rings. The summed E-state index contributed by atoms with van der Waals surface area (Å²) >= 11 is 0. The largest absolute Gasteiger partial charge is 0.481 e. The Kier molecular flexibility index (Phi) is 6.33. The highest BCUT2D eigenvalue weighted by molar-refractivity contribution is 5.67. The molecule has 6 unspecified atom stereocenters. The molecule has 0 amide bonds. The first-order chi connectivity index (χ1) is 10.8. The van der Waals surface area contributed by atoms with Crippen LogP contribution in [0.4, 0.5) is 0 Å². The molecule has 2 fully saturated rings. The predicted molar refractivity (Wildman–Crippen MR) is 96.2 cm³/mol. The first-order valence-electron chi connectivity index (χ1n) is 9.66. The Morgan fingerprint density at radius 1 is 1.13 bits per heavy atom. The molecule has 1 N–H and O–H groups in total. The van der Waals surface area contributed by atoms with Crippen LogP contribution in [0.25, 0.3) is 0 Å². The molecule has 0 aromatic heterocycles. The molecular weight excluding hydrogens is 284 g/mol. The van der Waals surface area contributed by atoms with Crippen LogP contribution in [0.2, 0.25) is 0 Å². The monoisotopic (exact) mass is 320 g/mol. The number of carboxylic acids is 1. The van der Waals surface area contributed by atoms with Crippen molar-refractivity contribution < 1.29 is 9.90 Å². The third-order valence-electron chi connectivity index (χ3n) is 6.80. The molecule has 0 bridgehead atoms. The Hall–Kier alpha value is -0.790. The summed E-state index contributed by atoms with van der Waals surface area (Å²) in [6.07, 6.45) is 7.81. The van der Waals surface area contributed by atoms with Gasteiger partial charge in [0.15, 0.2) is 0 Å². The number of rotatable bonds is 5. The quantitative estimate of drug-likeness (QED) is 0.652. The minimum Gasteiger partial charge on any atom is -0.481 e. The predicted octanol–water partition coefficient (Wildman–Crippen LogP) is 5.78. The van der Waals surface area contributed by atoms with E-state index in [0.29, 0.717) is 24.2 Å². The number of allylic oxidation sites excluding steroid dienone is 1. The summed E-state index contributed by atoms with van der Waals surface area (Å²) in [5, 5.41) is 9.41. The second-order valence-corrected chi connectivity index (χ2v) is 8.87. The van der Waals surface area contributed by atoms with Gasteiger partial charge < -0.3 is 5.11 Å². The van der Waals surface area contributed by atoms with Crippen LogP contribution in [0.1, 0.15) is 72.6 Å². The van der Waals surface area contributed by atoms with E-state index >= 15 is 0 Å². The summed E-state index contributed by atoms with van der Waals surface area (Å²) in [6.45, 7) is 13.4. The fourth-order valence-electron chi connectivity index (χ4n) is 5.53. The molecule has 6 atom stereocenters. The van der Waals surface area contributed by atoms with E-state index in [0.717, 1.165) is 30.1 Å². The van der Waals surface area contributed by atoms with Crippen molar-refractivity contribution >= 4 is 5.97 Å². The van der Waals surface area contributed by atoms with Crippen molar-refractivity contribution in [1.29, 1.82) is 0 Å². The topological polar surface area (TPSA) is 37.3 Å². The summed E-state index contributed by atoms with van der Waals surface area (Å²) in [5.74, 6) is 3.91. The van der Waals surface area contributed by atoms with Crippen molar-refractivity contribution in [3.05, 3.63) is 12.2 Å². The lowest BCUT2D eigenvalue weighted by Gasteiger charge is -2.47. The normalized spacial score (nSPS) is 38.5. The number of carbonyl (C=O) groups is 1. The van der Waals surface area contributed by atoms with E-state index in [4.69, 9.17) is 0 Å². The maximum atomic E-state index is 11.4. The Balaban J connectivity index is 2.18. The van der Waals surface area contributed by atoms with Gasteiger partial charge in [0.25, 0.3) is 0 Å². The zero-order valence-electron chi connectivity index (χ0n) is 15.6. The van der Waals surface area contributed by atoms with Gasteiger partial charge in [-0.05, 0) is 80.5 Å². The lowest BCUT2D eigenvalue weighted by molar-refractivity contribution is -0.139. The molecule has 0 radical (unpaired) electrons. The maximum absolute atomic E-state index is 11.4. The molecule has 0 aliphatic heterocycles. The molecule has 0 saturated heterocycles. The van der Waals surface area contributed by atoms with Crippen LogP contribution in [-0.2, 0) is 4.79 Å². The highest BCUT2D eigenvalue weighted by Gasteiger charge is 2.42. The molecular formula is C21H36O2. The Morgan fingerprint density at radius 2 is 1.83 bits per heavy atom. The van der Waals surface area contributed by atoms with E-state index < -0.39 is 5.97 Å². The van der Waals surface area contributed by atoms with Crippen molar-refractivity contribution in [2.24, 2.45) is 41.4 Å². The minimum absolute atomic E-state index is 0.347. The second kappa shape index (κ2) is 7.85. The molecule has 2 rings (SSSR count). The third-order valence-corrected chi connectivity index (χ3v) is 6.80. The number of aliphatic carboxylic acids is 1. The van der Waals surface area contributed by atoms with Gasteiger partial charge in [0.1, 0.15) is 0 Å². The van der Waals surface area contributed by atoms with Gasteiger partial charge >= 0.3 is 5.97 Å². The van der Waals surface area contributed by atoms with Gasteiger partial charge in [-0.25, -0.2) is 0 Å². The molecule has 23 heavy (non-hydrogen) atoms. The first kappa shape index (κ1) is 18.5. The van der Waals surface area contributed by atoms with Crippen LogP contribution in [0, 0.1) is 41.4 Å². The van der Waals surface area contributed by atoms with Gasteiger partial charge in [-0.15, -0.1) is 0 Å². The van der Waals surface area contributed by atoms with Crippen LogP contribution in [-0.4, -0.2) is 11.1 Å². The molecule has 2 aliphatic carbocycles. The van der Waals surface area contributed by atoms with Gasteiger partial charge in [-0.1, -0.05) is 39.3 Å². The van der Waals surface area contributed by atoms with Gasteiger partial charge in [0.05, 0.1) is 0 Å². The summed E-state index contributed by atoms with van der Waals surface area (Å²) in [4.78, 5) is 11.4. The van der Waals surface area contributed by atoms with Crippen molar-refractivity contribution in [2.45, 2.75) is 72.6 Å². The maximum Gasteiger partial charge on any atom is 0.303 e. The van der Waals surface area contributed by atoms with Crippen molar-refractivity contribution in [2.75, 3.05) is 0 Å². The van der Waals surface area contributed by atoms with E-state index in [1.807, 2.05) is 0 Å². The van der Waals surface area contributed by atoms with Gasteiger partial charge in [0.2, 0.25) is 0 Å². The van der Waals surface area contributed by atoms with Gasteiger partial charge in [-0.2, -0.15) is 0 Å². The Bertz CT molecular complexity index is 426. The molecule has 0 aromatic carbocycles. The van der Waals surface area contributed by atoms with Gasteiger partial charge in [0, 0.05) is 6.42 Å². The second-order valence-electron chi connectivity index (χ2n) is 8.87. The minimum atomic E-state index is -0.618. The summed E-state index contributed by atoms with van der Waals surface area (Å²) < 4.78 is 0. The number of hydrogen-bond acceptors (Lipinski definition) is 1. The van der Waals surface area contributed by atoms with Crippen molar-refractivity contribution in [3.8, 4) is 0 Å². The smallest absolute Gasteiger partial charge is 0.303 e. The van der Waals surface area contributed by atoms with Crippen LogP contribution in [0.5, 0.6) is 0 Å². The molecule has 2 nitrogen and oxygen atoms in total. The SMILES string of the molecule is C=C(C)C1CCC(C2CC(C)CCC2C(C)C)C(CC(=O)O)C1. The first-order valence-corrected chi connectivity index (χ1v) is 9.66. The van der Waals surface area contributed by atoms with Gasteiger partial charge in [-0.3, -0.25) is 4.79 Å². The molecule has 132 valence electrons. The summed E-state index contributed by atoms with van der Waals surface area (Å²) in [5.41, 5.74) is 1.25. The Morgan fingerprint density at radius 3 is 2.39 bits per heavy atom. The average molecular weight is 321 g/mol. The third kappa shape index (κ3) is 4.61. The van der Waals surface area contributed by atoms with E-state index in [9.17, 15) is 9.90 Å². The highest BCUT2D eigenvalue weighted by Crippen LogP contribution is 2.50. The lowest BCUT2D eigenvalue weighted by atomic mass is 9.58. The van der Waals surface area contributed by atoms with Crippen LogP contribution >= 0.6 is 0 Å². The lowest BCUT2D eigenvalue weighted by Crippen LogP contribution is -2.39. The molecule has 0 aromatic rings. The molecule has 0 heterocycles. The van der Waals surface area contributed by atoms with E-state index in [1.165, 1.54) is 37.7 Å². The average Bonchev–Trinajstić information content (AvgIpc) is 2.46. The van der Waals surface area contributed by atoms with E-state index in [2.05, 4.69) is 34.3 Å². The van der Waals surface area contributed by atoms with Crippen molar-refractivity contribution in [1.82, 2.24) is 0 Å². The van der Waals surface area contributed by atoms with Crippen LogP contribution in [0.15, 0.2) is 12.2 Å². The molecule has 2 heteroatoms. The molecule has 2 saturated carbocycles. The standard InChI is InChI=1S/C21H36O2/c1-13(2)16-7-9-19(17(11-16)12-21(22)23)20-10-15(5)6-8-18(20)14(3)4/h14-20H,1,6-12H2,2-5H3,(H,22,23). The van der Waals surface area contributed by atoms with Crippen LogP contribution in [0.3, 0.4) is 0 Å². The highest BCUT2D eigenvalue weighted by atomic mass is 16.4. The fraction of sp³-hybridized carbons (Fsp3) is 0.857. The van der Waals surface area contributed by atoms with Crippen LogP contribution < -0.4 is 0 Å². The van der Waals surface area contributed by atoms with E-state index in [1.54, 1.807) is 0 Å². The fourth-order valence-corrected chi connectivity index (χ4v) is 5.53. The van der Waals surface area contributed by atoms with E-state index in [-0.39, 0.29) is 0 Å². The Labute approximate surface area is 142 Å².